The molecule has 2 nitrogen and oxygen atoms in total. The molecule has 0 saturated heterocycles. The first-order chi connectivity index (χ1) is 7.81. The number of allylic oxidation sites excluding steroid dienone is 4. The van der Waals surface area contributed by atoms with Crippen LogP contribution in [-0.4, -0.2) is 12.9 Å². The normalized spacial score (nSPS) is 15.1. The monoisotopic (exact) mass is 214 g/mol. The van der Waals surface area contributed by atoms with Gasteiger partial charge in [0, 0.05) is 17.6 Å². The van der Waals surface area contributed by atoms with Gasteiger partial charge in [-0.25, -0.2) is 0 Å². The summed E-state index contributed by atoms with van der Waals surface area (Å²) in [6, 6.07) is 9.37. The fraction of sp³-hybridized carbons (Fsp3) is 0.214. The number of hydrogen-bond acceptors (Lipinski definition) is 2. The third kappa shape index (κ3) is 2.22. The van der Waals surface area contributed by atoms with Crippen LogP contribution >= 0.6 is 0 Å². The summed E-state index contributed by atoms with van der Waals surface area (Å²) in [6.45, 7) is 0. The highest BCUT2D eigenvalue weighted by Gasteiger charge is 2.14. The van der Waals surface area contributed by atoms with Crippen LogP contribution < -0.4 is 0 Å². The van der Waals surface area contributed by atoms with Crippen molar-refractivity contribution in [3.05, 3.63) is 59.4 Å². The largest absolute Gasteiger partial charge is 0.501 e. The number of rotatable bonds is 3. The molecule has 0 unspecified atom stereocenters. The van der Waals surface area contributed by atoms with Crippen LogP contribution in [0.1, 0.15) is 23.2 Å². The molecule has 0 bridgehead atoms. The van der Waals surface area contributed by atoms with Gasteiger partial charge in [0.1, 0.15) is 0 Å². The smallest absolute Gasteiger partial charge is 0.189 e. The summed E-state index contributed by atoms with van der Waals surface area (Å²) in [4.78, 5) is 12.1. The fourth-order valence-corrected chi connectivity index (χ4v) is 1.75. The molecule has 82 valence electrons. The summed E-state index contributed by atoms with van der Waals surface area (Å²) >= 11 is 0. The van der Waals surface area contributed by atoms with E-state index in [9.17, 15) is 4.79 Å². The van der Waals surface area contributed by atoms with Crippen molar-refractivity contribution in [2.24, 2.45) is 0 Å². The van der Waals surface area contributed by atoms with Gasteiger partial charge in [0.15, 0.2) is 5.78 Å². The maximum absolute atomic E-state index is 12.1. The number of hydrogen-bond donors (Lipinski definition) is 0. The highest BCUT2D eigenvalue weighted by Crippen LogP contribution is 2.21. The van der Waals surface area contributed by atoms with Gasteiger partial charge in [0.25, 0.3) is 0 Å². The van der Waals surface area contributed by atoms with Crippen LogP contribution in [0.15, 0.2) is 53.8 Å². The lowest BCUT2D eigenvalue weighted by Crippen LogP contribution is -2.06. The standard InChI is InChI=1S/C14H14O2/c1-16-13-9-7-12(8-10-13)14(15)11-5-3-2-4-6-11/h2-7,9H,8,10H2,1H3. The highest BCUT2D eigenvalue weighted by atomic mass is 16.5. The molecule has 2 rings (SSSR count). The summed E-state index contributed by atoms with van der Waals surface area (Å²) in [5, 5.41) is 0. The van der Waals surface area contributed by atoms with Crippen LogP contribution in [-0.2, 0) is 4.74 Å². The van der Waals surface area contributed by atoms with Gasteiger partial charge in [-0.2, -0.15) is 0 Å². The number of carbonyl (C=O) groups excluding carboxylic acids is 1. The first kappa shape index (κ1) is 10.7. The molecule has 0 fully saturated rings. The van der Waals surface area contributed by atoms with E-state index in [1.54, 1.807) is 7.11 Å². The molecule has 0 heterocycles. The minimum atomic E-state index is 0.118. The van der Waals surface area contributed by atoms with Crippen molar-refractivity contribution in [2.75, 3.05) is 7.11 Å². The zero-order valence-corrected chi connectivity index (χ0v) is 9.27. The average molecular weight is 214 g/mol. The van der Waals surface area contributed by atoms with Gasteiger partial charge < -0.3 is 4.74 Å². The molecule has 0 N–H and O–H groups in total. The van der Waals surface area contributed by atoms with E-state index >= 15 is 0 Å². The van der Waals surface area contributed by atoms with Crippen LogP contribution in [0.25, 0.3) is 0 Å². The predicted molar refractivity (Wildman–Crippen MR) is 63.2 cm³/mol. The fourth-order valence-electron chi connectivity index (χ4n) is 1.75. The maximum Gasteiger partial charge on any atom is 0.189 e. The minimum Gasteiger partial charge on any atom is -0.501 e. The van der Waals surface area contributed by atoms with Crippen LogP contribution in [0.3, 0.4) is 0 Å². The maximum atomic E-state index is 12.1. The Morgan fingerprint density at radius 2 is 1.88 bits per heavy atom. The Hall–Kier alpha value is -1.83. The molecule has 0 radical (unpaired) electrons. The Bertz CT molecular complexity index is 441. The summed E-state index contributed by atoms with van der Waals surface area (Å²) in [5.41, 5.74) is 1.61. The van der Waals surface area contributed by atoms with Crippen LogP contribution in [0.5, 0.6) is 0 Å². The molecule has 0 amide bonds. The highest BCUT2D eigenvalue weighted by molar-refractivity contribution is 6.08. The minimum absolute atomic E-state index is 0.118. The molecule has 0 saturated carbocycles. The number of ketones is 1. The predicted octanol–water partition coefficient (Wildman–Crippen LogP) is 3.12. The van der Waals surface area contributed by atoms with Crippen LogP contribution in [0.2, 0.25) is 0 Å². The lowest BCUT2D eigenvalue weighted by atomic mass is 9.96. The number of carbonyl (C=O) groups is 1. The van der Waals surface area contributed by atoms with Gasteiger partial charge in [0.05, 0.1) is 12.9 Å². The molecular formula is C14H14O2. The van der Waals surface area contributed by atoms with Crippen molar-refractivity contribution in [1.29, 1.82) is 0 Å². The van der Waals surface area contributed by atoms with E-state index in [0.717, 1.165) is 29.7 Å². The van der Waals surface area contributed by atoms with E-state index in [4.69, 9.17) is 4.74 Å². The van der Waals surface area contributed by atoms with E-state index in [1.807, 2.05) is 42.5 Å². The van der Waals surface area contributed by atoms with Gasteiger partial charge in [-0.15, -0.1) is 0 Å². The van der Waals surface area contributed by atoms with E-state index in [0.29, 0.717) is 0 Å². The summed E-state index contributed by atoms with van der Waals surface area (Å²) in [7, 11) is 1.66. The molecule has 1 aromatic carbocycles. The summed E-state index contributed by atoms with van der Waals surface area (Å²) < 4.78 is 5.13. The second kappa shape index (κ2) is 4.79. The second-order valence-corrected chi connectivity index (χ2v) is 3.72. The Morgan fingerprint density at radius 3 is 2.44 bits per heavy atom. The summed E-state index contributed by atoms with van der Waals surface area (Å²) in [6.07, 6.45) is 5.30. The van der Waals surface area contributed by atoms with Gasteiger partial charge in [-0.3, -0.25) is 4.79 Å². The Morgan fingerprint density at radius 1 is 1.12 bits per heavy atom. The number of methoxy groups -OCH3 is 1. The number of Topliss-reactive ketones (excluding diaryl/α,β-unsaturated/α-hetero) is 1. The number of ether oxygens (including phenoxy) is 1. The lowest BCUT2D eigenvalue weighted by molar-refractivity contribution is 0.102. The molecule has 1 aliphatic rings. The van der Waals surface area contributed by atoms with Crippen LogP contribution in [0, 0.1) is 0 Å². The molecule has 16 heavy (non-hydrogen) atoms. The van der Waals surface area contributed by atoms with Crippen molar-refractivity contribution in [3.63, 3.8) is 0 Å². The molecule has 2 heteroatoms. The molecule has 0 atom stereocenters. The zero-order chi connectivity index (χ0) is 11.4. The Labute approximate surface area is 95.2 Å². The molecule has 0 aromatic heterocycles. The quantitative estimate of drug-likeness (QED) is 0.722. The molecule has 1 aromatic rings. The second-order valence-electron chi connectivity index (χ2n) is 3.72. The lowest BCUT2D eigenvalue weighted by Gasteiger charge is -2.12. The van der Waals surface area contributed by atoms with Gasteiger partial charge in [-0.05, 0) is 12.5 Å². The van der Waals surface area contributed by atoms with E-state index in [2.05, 4.69) is 0 Å². The first-order valence-corrected chi connectivity index (χ1v) is 5.34. The third-order valence-electron chi connectivity index (χ3n) is 2.70. The molecule has 0 spiro atoms. The van der Waals surface area contributed by atoms with Gasteiger partial charge in [-0.1, -0.05) is 36.4 Å². The zero-order valence-electron chi connectivity index (χ0n) is 9.27. The first-order valence-electron chi connectivity index (χ1n) is 5.34. The molecule has 0 aliphatic heterocycles. The van der Waals surface area contributed by atoms with Crippen molar-refractivity contribution in [2.45, 2.75) is 12.8 Å². The van der Waals surface area contributed by atoms with Crippen molar-refractivity contribution in [3.8, 4) is 0 Å². The van der Waals surface area contributed by atoms with Gasteiger partial charge >= 0.3 is 0 Å². The van der Waals surface area contributed by atoms with E-state index in [-0.39, 0.29) is 5.78 Å². The SMILES string of the molecule is COC1=CC=C(C(=O)c2ccccc2)CC1. The summed E-state index contributed by atoms with van der Waals surface area (Å²) in [5.74, 6) is 1.05. The molecule has 1 aliphatic carbocycles. The topological polar surface area (TPSA) is 26.3 Å². The number of benzene rings is 1. The van der Waals surface area contributed by atoms with Gasteiger partial charge in [0.2, 0.25) is 0 Å². The van der Waals surface area contributed by atoms with E-state index < -0.39 is 0 Å². The molecular weight excluding hydrogens is 200 g/mol. The van der Waals surface area contributed by atoms with Crippen molar-refractivity contribution >= 4 is 5.78 Å². The average Bonchev–Trinajstić information content (AvgIpc) is 2.39. The van der Waals surface area contributed by atoms with Crippen molar-refractivity contribution in [1.82, 2.24) is 0 Å². The van der Waals surface area contributed by atoms with Crippen molar-refractivity contribution < 1.29 is 9.53 Å². The Balaban J connectivity index is 2.19. The van der Waals surface area contributed by atoms with Crippen LogP contribution in [0.4, 0.5) is 0 Å². The third-order valence-corrected chi connectivity index (χ3v) is 2.70. The Kier molecular flexibility index (Phi) is 3.20. The van der Waals surface area contributed by atoms with E-state index in [1.165, 1.54) is 0 Å².